The molecule has 16 aromatic rings. The summed E-state index contributed by atoms with van der Waals surface area (Å²) in [6, 6.07) is 128. The average Bonchev–Trinajstić information content (AvgIpc) is 1.59. The summed E-state index contributed by atoms with van der Waals surface area (Å²) in [5.74, 6) is 0. The van der Waals surface area contributed by atoms with E-state index >= 15 is 0 Å². The van der Waals surface area contributed by atoms with Crippen molar-refractivity contribution >= 4 is 34.1 Å². The summed E-state index contributed by atoms with van der Waals surface area (Å²) in [6.07, 6.45) is 0. The normalized spacial score (nSPS) is 14.6. The van der Waals surface area contributed by atoms with Crippen LogP contribution in [0.5, 0.6) is 0 Å². The predicted molar refractivity (Wildman–Crippen MR) is 582 cm³/mol. The van der Waals surface area contributed by atoms with Crippen molar-refractivity contribution in [3.63, 3.8) is 0 Å². The second-order valence-electron chi connectivity index (χ2n) is 47.6. The van der Waals surface area contributed by atoms with Crippen LogP contribution in [0.3, 0.4) is 0 Å². The van der Waals surface area contributed by atoms with E-state index in [1.54, 1.807) is 0 Å². The Kier molecular flexibility index (Phi) is 22.1. The van der Waals surface area contributed by atoms with Crippen LogP contribution in [0.4, 0.5) is 34.1 Å². The molecule has 0 aliphatic heterocycles. The standard InChI is InChI=1S/C67H69N.C66H67N/c1-42-57(45-22-32-53-55-34-26-48(64(5,6)7)38-61(55)66(11,12)59(53)36-45)40-52(41-58(42)46-23-33-54-56-35-27-49(65(8,9)10)39-62(56)67(13,14)60(54)37-46)68(51-30-24-47(25-31-51)63(2,3)4)50-28-20-44(21-29-50)43-18-16-15-17-19-43;1-62(2,3)48-23-29-52(30-24-48)67(51-27-19-43(20-28-51)42-17-15-14-16-18-42)53-36-46(44-21-31-54-56-33-25-49(63(4,5)6)40-60(56)65(10,11)58(54)38-44)35-47(37-53)45-22-32-55-57-34-26-50(64(7,8)9)41-61(57)66(12,13)59(55)39-45/h15-41H,1-14H3;14-41H,1-13H3. The molecule has 0 aromatic heterocycles. The molecular weight excluding hydrogens is 1630 g/mol. The molecule has 2 nitrogen and oxygen atoms in total. The maximum Gasteiger partial charge on any atom is 0.0474 e. The van der Waals surface area contributed by atoms with Gasteiger partial charge >= 0.3 is 0 Å². The molecule has 4 aliphatic rings. The first-order valence-corrected chi connectivity index (χ1v) is 49.2. The topological polar surface area (TPSA) is 6.48 Å². The highest BCUT2D eigenvalue weighted by Gasteiger charge is 2.42. The van der Waals surface area contributed by atoms with E-state index in [-0.39, 0.29) is 54.1 Å². The third-order valence-electron chi connectivity index (χ3n) is 30.7. The van der Waals surface area contributed by atoms with E-state index < -0.39 is 0 Å². The van der Waals surface area contributed by atoms with Crippen LogP contribution in [0, 0.1) is 6.92 Å². The van der Waals surface area contributed by atoms with Crippen molar-refractivity contribution in [1.82, 2.24) is 0 Å². The fraction of sp³-hybridized carbons (Fsp3) is 0.278. The summed E-state index contributed by atoms with van der Waals surface area (Å²) >= 11 is 0. The fourth-order valence-corrected chi connectivity index (χ4v) is 22.0. The number of nitrogens with zero attached hydrogens (tertiary/aromatic N) is 2. The molecule has 0 bridgehead atoms. The van der Waals surface area contributed by atoms with Gasteiger partial charge in [0.25, 0.3) is 0 Å². The van der Waals surface area contributed by atoms with Crippen LogP contribution >= 0.6 is 0 Å². The number of hydrogen-bond donors (Lipinski definition) is 0. The SMILES string of the molecule is CC(C)(C)c1ccc(N(c2ccc(-c3ccccc3)cc2)c2cc(-c3ccc4c(c3)C(C)(C)c3cc(C(C)(C)C)ccc3-4)cc(-c3ccc4c(c3)C(C)(C)c3cc(C(C)(C)C)ccc3-4)c2)cc1.Cc1c(-c2ccc3c(c2)C(C)(C)c2cc(C(C)(C)C)ccc2-3)cc(N(c2ccc(-c3ccccc3)cc2)c2ccc(C(C)(C)C)cc2)cc1-c1ccc2c(c1)C(C)(C)c1cc(C(C)(C)C)ccc1-2. The Bertz CT molecular complexity index is 7030. The lowest BCUT2D eigenvalue weighted by Crippen LogP contribution is -2.18. The molecule has 678 valence electrons. The Balaban J connectivity index is 0.000000173. The van der Waals surface area contributed by atoms with Gasteiger partial charge in [0, 0.05) is 55.8 Å². The molecule has 135 heavy (non-hydrogen) atoms. The first kappa shape index (κ1) is 91.2. The van der Waals surface area contributed by atoms with E-state index in [9.17, 15) is 0 Å². The fourth-order valence-electron chi connectivity index (χ4n) is 22.0. The average molecular weight is 1760 g/mol. The van der Waals surface area contributed by atoms with Crippen LogP contribution in [-0.2, 0) is 54.1 Å². The predicted octanol–water partition coefficient (Wildman–Crippen LogP) is 37.6. The smallest absolute Gasteiger partial charge is 0.0474 e. The maximum atomic E-state index is 2.51. The molecule has 0 saturated carbocycles. The summed E-state index contributed by atoms with van der Waals surface area (Å²) in [5.41, 5.74) is 52.7. The largest absolute Gasteiger partial charge is 0.310 e. The van der Waals surface area contributed by atoms with Gasteiger partial charge in [-0.1, -0.05) is 411 Å². The second kappa shape index (κ2) is 32.7. The van der Waals surface area contributed by atoms with E-state index in [2.05, 4.69) is 530 Å². The summed E-state index contributed by atoms with van der Waals surface area (Å²) in [4.78, 5) is 4.92. The van der Waals surface area contributed by atoms with Gasteiger partial charge in [0.2, 0.25) is 0 Å². The van der Waals surface area contributed by atoms with Gasteiger partial charge in [-0.15, -0.1) is 0 Å². The van der Waals surface area contributed by atoms with Crippen LogP contribution in [-0.4, -0.2) is 0 Å². The Morgan fingerprint density at radius 3 is 0.615 bits per heavy atom. The Morgan fingerprint density at radius 2 is 0.356 bits per heavy atom. The zero-order valence-electron chi connectivity index (χ0n) is 85.1. The molecule has 0 heterocycles. The molecule has 0 fully saturated rings. The first-order valence-electron chi connectivity index (χ1n) is 49.2. The molecule has 0 saturated heterocycles. The van der Waals surface area contributed by atoms with Crippen molar-refractivity contribution in [1.29, 1.82) is 0 Å². The van der Waals surface area contributed by atoms with Gasteiger partial charge in [0.15, 0.2) is 0 Å². The summed E-state index contributed by atoms with van der Waals surface area (Å²) in [6.45, 7) is 63.2. The van der Waals surface area contributed by atoms with Gasteiger partial charge in [-0.25, -0.2) is 0 Å². The molecule has 0 amide bonds. The van der Waals surface area contributed by atoms with Crippen molar-refractivity contribution in [3.05, 3.63) is 417 Å². The number of anilines is 6. The summed E-state index contributed by atoms with van der Waals surface area (Å²) in [7, 11) is 0. The van der Waals surface area contributed by atoms with E-state index in [4.69, 9.17) is 0 Å². The number of hydrogen-bond acceptors (Lipinski definition) is 2. The molecule has 0 spiro atoms. The zero-order valence-corrected chi connectivity index (χ0v) is 85.1. The van der Waals surface area contributed by atoms with E-state index in [0.717, 1.165) is 34.1 Å². The third-order valence-corrected chi connectivity index (χ3v) is 30.7. The van der Waals surface area contributed by atoms with Gasteiger partial charge in [-0.3, -0.25) is 0 Å². The first-order chi connectivity index (χ1) is 63.6. The van der Waals surface area contributed by atoms with Crippen LogP contribution in [0.25, 0.3) is 111 Å². The van der Waals surface area contributed by atoms with Gasteiger partial charge in [-0.05, 0) is 337 Å². The van der Waals surface area contributed by atoms with Crippen molar-refractivity contribution in [2.45, 2.75) is 241 Å². The highest BCUT2D eigenvalue weighted by molar-refractivity contribution is 5.95. The van der Waals surface area contributed by atoms with Crippen LogP contribution in [0.2, 0.25) is 0 Å². The highest BCUT2D eigenvalue weighted by Crippen LogP contribution is 2.58. The number of rotatable bonds is 12. The monoisotopic (exact) mass is 1760 g/mol. The highest BCUT2D eigenvalue weighted by atomic mass is 15.1. The van der Waals surface area contributed by atoms with Crippen molar-refractivity contribution in [2.75, 3.05) is 9.80 Å². The number of benzene rings is 16. The van der Waals surface area contributed by atoms with Crippen LogP contribution in [0.1, 0.15) is 263 Å². The van der Waals surface area contributed by atoms with Crippen molar-refractivity contribution < 1.29 is 0 Å². The Morgan fingerprint density at radius 1 is 0.156 bits per heavy atom. The molecule has 0 radical (unpaired) electrons. The van der Waals surface area contributed by atoms with Crippen molar-refractivity contribution in [2.24, 2.45) is 0 Å². The van der Waals surface area contributed by atoms with Gasteiger partial charge in [0.05, 0.1) is 0 Å². The summed E-state index contributed by atoms with van der Waals surface area (Å²) in [5, 5.41) is 0. The van der Waals surface area contributed by atoms with E-state index in [0.29, 0.717) is 0 Å². The molecule has 4 aliphatic carbocycles. The van der Waals surface area contributed by atoms with Gasteiger partial charge in [0.1, 0.15) is 0 Å². The minimum Gasteiger partial charge on any atom is -0.310 e. The van der Waals surface area contributed by atoms with Gasteiger partial charge < -0.3 is 9.80 Å². The third kappa shape index (κ3) is 16.5. The lowest BCUT2D eigenvalue weighted by atomic mass is 9.78. The van der Waals surface area contributed by atoms with E-state index in [1.165, 1.54) is 195 Å². The quantitative estimate of drug-likeness (QED) is 0.120. The maximum absolute atomic E-state index is 2.51. The van der Waals surface area contributed by atoms with Crippen LogP contribution in [0.15, 0.2) is 334 Å². The van der Waals surface area contributed by atoms with Crippen LogP contribution < -0.4 is 9.80 Å². The van der Waals surface area contributed by atoms with Gasteiger partial charge in [-0.2, -0.15) is 0 Å². The second-order valence-corrected chi connectivity index (χ2v) is 47.6. The summed E-state index contributed by atoms with van der Waals surface area (Å²) < 4.78 is 0. The number of fused-ring (bicyclic) bond motifs is 12. The molecule has 0 atom stereocenters. The molecule has 2 heteroatoms. The molecule has 16 aromatic carbocycles. The Labute approximate surface area is 807 Å². The zero-order chi connectivity index (χ0) is 95.7. The molecule has 20 rings (SSSR count). The minimum atomic E-state index is -0.148. The lowest BCUT2D eigenvalue weighted by molar-refractivity contribution is 0.584. The molecule has 0 N–H and O–H groups in total. The lowest BCUT2D eigenvalue weighted by Gasteiger charge is -2.29. The minimum absolute atomic E-state index is 0.0372. The molecular formula is C133H136N2. The van der Waals surface area contributed by atoms with E-state index in [1.807, 2.05) is 0 Å². The molecule has 0 unspecified atom stereocenters. The van der Waals surface area contributed by atoms with Crippen molar-refractivity contribution in [3.8, 4) is 111 Å². The Hall–Kier alpha value is -12.9.